The number of likely N-dealkylation sites (tertiary alicyclic amines) is 1. The first kappa shape index (κ1) is 16.8. The molecule has 0 unspecified atom stereocenters. The molecular weight excluding hydrogens is 256 g/mol. The molecule has 1 rings (SSSR count). The number of carboxylic acid groups (broad SMARTS) is 1. The fourth-order valence-corrected chi connectivity index (χ4v) is 3.10. The van der Waals surface area contributed by atoms with E-state index in [0.29, 0.717) is 19.5 Å². The lowest BCUT2D eigenvalue weighted by molar-refractivity contribution is -0.143. The second-order valence-electron chi connectivity index (χ2n) is 7.67. The van der Waals surface area contributed by atoms with Crippen LogP contribution in [0.15, 0.2) is 0 Å². The van der Waals surface area contributed by atoms with E-state index < -0.39 is 11.9 Å². The van der Waals surface area contributed by atoms with Gasteiger partial charge in [-0.3, -0.25) is 4.79 Å². The molecule has 0 aromatic rings. The molecule has 0 bridgehead atoms. The van der Waals surface area contributed by atoms with Gasteiger partial charge in [0.05, 0.1) is 5.92 Å². The Morgan fingerprint density at radius 3 is 2.35 bits per heavy atom. The van der Waals surface area contributed by atoms with Gasteiger partial charge in [-0.15, -0.1) is 0 Å². The van der Waals surface area contributed by atoms with E-state index in [9.17, 15) is 9.59 Å². The number of carbonyl (C=O) groups excluding carboxylic acids is 1. The Morgan fingerprint density at radius 2 is 1.85 bits per heavy atom. The van der Waals surface area contributed by atoms with Gasteiger partial charge in [-0.25, -0.2) is 4.79 Å². The number of carbonyl (C=O) groups is 2. The van der Waals surface area contributed by atoms with Crippen molar-refractivity contribution in [1.82, 2.24) is 10.2 Å². The number of nitrogens with one attached hydrogen (secondary N) is 1. The van der Waals surface area contributed by atoms with Crippen LogP contribution in [0.1, 0.15) is 53.9 Å². The lowest BCUT2D eigenvalue weighted by atomic mass is 9.82. The highest BCUT2D eigenvalue weighted by Gasteiger charge is 2.32. The Bertz CT molecular complexity index is 372. The van der Waals surface area contributed by atoms with Gasteiger partial charge >= 0.3 is 12.0 Å². The molecule has 20 heavy (non-hydrogen) atoms. The monoisotopic (exact) mass is 284 g/mol. The van der Waals surface area contributed by atoms with Crippen molar-refractivity contribution in [1.29, 1.82) is 0 Å². The van der Waals surface area contributed by atoms with Crippen molar-refractivity contribution in [3.8, 4) is 0 Å². The van der Waals surface area contributed by atoms with E-state index in [2.05, 4.69) is 26.1 Å². The third-order valence-corrected chi connectivity index (χ3v) is 3.48. The molecule has 0 aliphatic carbocycles. The Balaban J connectivity index is 2.59. The van der Waals surface area contributed by atoms with Gasteiger partial charge in [0.2, 0.25) is 0 Å². The molecule has 1 heterocycles. The third kappa shape index (κ3) is 5.39. The van der Waals surface area contributed by atoms with E-state index in [1.807, 2.05) is 13.8 Å². The maximum atomic E-state index is 12.3. The van der Waals surface area contributed by atoms with Gasteiger partial charge in [-0.1, -0.05) is 20.8 Å². The topological polar surface area (TPSA) is 69.6 Å². The Hall–Kier alpha value is -1.26. The number of urea groups is 1. The summed E-state index contributed by atoms with van der Waals surface area (Å²) in [7, 11) is 0. The molecule has 5 nitrogen and oxygen atoms in total. The van der Waals surface area contributed by atoms with Crippen LogP contribution in [0.25, 0.3) is 0 Å². The molecule has 2 N–H and O–H groups in total. The summed E-state index contributed by atoms with van der Waals surface area (Å²) < 4.78 is 0. The Kier molecular flexibility index (Phi) is 5.05. The minimum Gasteiger partial charge on any atom is -0.481 e. The molecule has 1 aliphatic heterocycles. The highest BCUT2D eigenvalue weighted by Crippen LogP contribution is 2.27. The van der Waals surface area contributed by atoms with E-state index in [4.69, 9.17) is 5.11 Å². The molecule has 1 atom stereocenters. The summed E-state index contributed by atoms with van der Waals surface area (Å²) in [5.41, 5.74) is -0.173. The van der Waals surface area contributed by atoms with Gasteiger partial charge in [0.15, 0.2) is 0 Å². The molecule has 116 valence electrons. The van der Waals surface area contributed by atoms with E-state index >= 15 is 0 Å². The molecular formula is C15H28N2O3. The first-order chi connectivity index (χ1) is 9.00. The minimum absolute atomic E-state index is 0.127. The van der Waals surface area contributed by atoms with Gasteiger partial charge < -0.3 is 15.3 Å². The Labute approximate surface area is 121 Å². The van der Waals surface area contributed by atoms with Gasteiger partial charge in [0.1, 0.15) is 0 Å². The quantitative estimate of drug-likeness (QED) is 0.837. The van der Waals surface area contributed by atoms with Crippen molar-refractivity contribution in [2.75, 3.05) is 13.1 Å². The zero-order valence-electron chi connectivity index (χ0n) is 13.3. The lowest BCUT2D eigenvalue weighted by Crippen LogP contribution is -2.54. The molecule has 0 aromatic heterocycles. The normalized spacial score (nSPS) is 20.6. The average Bonchev–Trinajstić information content (AvgIpc) is 2.25. The van der Waals surface area contributed by atoms with E-state index in [0.717, 1.165) is 12.8 Å². The van der Waals surface area contributed by atoms with Crippen LogP contribution in [-0.4, -0.2) is 40.6 Å². The summed E-state index contributed by atoms with van der Waals surface area (Å²) in [4.78, 5) is 25.0. The minimum atomic E-state index is -0.809. The third-order valence-electron chi connectivity index (χ3n) is 3.48. The van der Waals surface area contributed by atoms with Crippen LogP contribution >= 0.6 is 0 Å². The van der Waals surface area contributed by atoms with Crippen LogP contribution in [0.5, 0.6) is 0 Å². The summed E-state index contributed by atoms with van der Waals surface area (Å²) in [5, 5.41) is 12.1. The fourth-order valence-electron chi connectivity index (χ4n) is 3.10. The van der Waals surface area contributed by atoms with Crippen LogP contribution in [0.3, 0.4) is 0 Å². The number of amides is 2. The molecule has 0 spiro atoms. The first-order valence-electron chi connectivity index (χ1n) is 7.30. The van der Waals surface area contributed by atoms with Crippen LogP contribution in [-0.2, 0) is 4.79 Å². The average molecular weight is 284 g/mol. The predicted octanol–water partition coefficient (Wildman–Crippen LogP) is 2.71. The number of hydrogen-bond acceptors (Lipinski definition) is 2. The van der Waals surface area contributed by atoms with Gasteiger partial charge in [0, 0.05) is 18.6 Å². The van der Waals surface area contributed by atoms with Crippen molar-refractivity contribution in [2.45, 2.75) is 59.4 Å². The molecule has 1 saturated heterocycles. The van der Waals surface area contributed by atoms with E-state index in [1.54, 1.807) is 4.90 Å². The predicted molar refractivity (Wildman–Crippen MR) is 78.6 cm³/mol. The molecule has 0 saturated carbocycles. The van der Waals surface area contributed by atoms with Gasteiger partial charge in [-0.2, -0.15) is 0 Å². The maximum Gasteiger partial charge on any atom is 0.317 e. The van der Waals surface area contributed by atoms with Crippen LogP contribution < -0.4 is 5.32 Å². The van der Waals surface area contributed by atoms with Gasteiger partial charge in [0.25, 0.3) is 0 Å². The SMILES string of the molecule is CC(C)(C)CC(C)(C)NC(=O)N1CCC[C@@H](C(=O)O)C1. The number of carboxylic acids is 1. The van der Waals surface area contributed by atoms with Crippen molar-refractivity contribution in [3.63, 3.8) is 0 Å². The maximum absolute atomic E-state index is 12.3. The Morgan fingerprint density at radius 1 is 1.25 bits per heavy atom. The molecule has 5 heteroatoms. The second-order valence-corrected chi connectivity index (χ2v) is 7.67. The fraction of sp³-hybridized carbons (Fsp3) is 0.867. The van der Waals surface area contributed by atoms with E-state index in [-0.39, 0.29) is 17.0 Å². The van der Waals surface area contributed by atoms with E-state index in [1.165, 1.54) is 0 Å². The summed E-state index contributed by atoms with van der Waals surface area (Å²) in [6.45, 7) is 11.4. The highest BCUT2D eigenvalue weighted by atomic mass is 16.4. The molecule has 1 fully saturated rings. The zero-order valence-corrected chi connectivity index (χ0v) is 13.3. The summed E-state index contributed by atoms with van der Waals surface area (Å²) in [6.07, 6.45) is 2.27. The number of nitrogens with zero attached hydrogens (tertiary/aromatic N) is 1. The van der Waals surface area contributed by atoms with Crippen LogP contribution in [0.2, 0.25) is 0 Å². The highest BCUT2D eigenvalue weighted by molar-refractivity contribution is 5.77. The van der Waals surface area contributed by atoms with Crippen molar-refractivity contribution in [2.24, 2.45) is 11.3 Å². The van der Waals surface area contributed by atoms with Crippen molar-refractivity contribution in [3.05, 3.63) is 0 Å². The molecule has 0 radical (unpaired) electrons. The number of hydrogen-bond donors (Lipinski definition) is 2. The smallest absolute Gasteiger partial charge is 0.317 e. The van der Waals surface area contributed by atoms with Crippen molar-refractivity contribution >= 4 is 12.0 Å². The summed E-state index contributed by atoms with van der Waals surface area (Å²) in [6, 6.07) is -0.148. The standard InChI is InChI=1S/C15H28N2O3/c1-14(2,3)10-15(4,5)16-13(20)17-8-6-7-11(9-17)12(18)19/h11H,6-10H2,1-5H3,(H,16,20)(H,18,19)/t11-/m1/s1. The van der Waals surface area contributed by atoms with Gasteiger partial charge in [-0.05, 0) is 38.5 Å². The summed E-state index contributed by atoms with van der Waals surface area (Å²) in [5.74, 6) is -1.24. The molecule has 1 aliphatic rings. The van der Waals surface area contributed by atoms with Crippen molar-refractivity contribution < 1.29 is 14.7 Å². The number of aliphatic carboxylic acids is 1. The first-order valence-corrected chi connectivity index (χ1v) is 7.30. The second kappa shape index (κ2) is 6.02. The number of piperidine rings is 1. The zero-order chi connectivity index (χ0) is 15.6. The number of rotatable bonds is 3. The largest absolute Gasteiger partial charge is 0.481 e. The lowest BCUT2D eigenvalue weighted by Gasteiger charge is -2.37. The summed E-state index contributed by atoms with van der Waals surface area (Å²) >= 11 is 0. The molecule has 0 aromatic carbocycles. The van der Waals surface area contributed by atoms with Crippen LogP contribution in [0.4, 0.5) is 4.79 Å². The molecule has 2 amide bonds. The van der Waals surface area contributed by atoms with Crippen LogP contribution in [0, 0.1) is 11.3 Å².